The van der Waals surface area contributed by atoms with Gasteiger partial charge in [0, 0.05) is 18.0 Å². The number of carboxylic acid groups (broad SMARTS) is 1. The molecule has 0 spiro atoms. The molecule has 1 aliphatic rings. The first-order valence-electron chi connectivity index (χ1n) is 6.70. The second-order valence-corrected chi connectivity index (χ2v) is 8.31. The lowest BCUT2D eigenvalue weighted by Gasteiger charge is -2.16. The van der Waals surface area contributed by atoms with Crippen molar-refractivity contribution in [2.45, 2.75) is 38.0 Å². The maximum absolute atomic E-state index is 12.6. The molecule has 1 unspecified atom stereocenters. The van der Waals surface area contributed by atoms with Gasteiger partial charge in [0.15, 0.2) is 0 Å². The van der Waals surface area contributed by atoms with Crippen molar-refractivity contribution in [3.05, 3.63) is 15.8 Å². The van der Waals surface area contributed by atoms with E-state index < -0.39 is 16.0 Å². The van der Waals surface area contributed by atoms with Crippen LogP contribution in [-0.2, 0) is 10.0 Å². The lowest BCUT2D eigenvalue weighted by Crippen LogP contribution is -2.29. The molecule has 1 aliphatic heterocycles. The van der Waals surface area contributed by atoms with E-state index in [0.29, 0.717) is 23.9 Å². The summed E-state index contributed by atoms with van der Waals surface area (Å²) in [6, 6.07) is 1.28. The molecule has 0 amide bonds. The Hall–Kier alpha value is -0.920. The molecule has 2 rings (SSSR count). The van der Waals surface area contributed by atoms with E-state index in [1.54, 1.807) is 6.92 Å². The van der Waals surface area contributed by atoms with Crippen molar-refractivity contribution in [3.63, 3.8) is 0 Å². The summed E-state index contributed by atoms with van der Waals surface area (Å²) in [7, 11) is -3.55. The van der Waals surface area contributed by atoms with E-state index in [2.05, 4.69) is 6.92 Å². The predicted octanol–water partition coefficient (Wildman–Crippen LogP) is 2.57. The smallest absolute Gasteiger partial charge is 0.345 e. The monoisotopic (exact) mass is 317 g/mol. The Kier molecular flexibility index (Phi) is 4.51. The first-order valence-corrected chi connectivity index (χ1v) is 8.95. The molecule has 2 heterocycles. The molecule has 0 bridgehead atoms. The molecule has 1 fully saturated rings. The molecule has 7 heteroatoms. The van der Waals surface area contributed by atoms with Crippen LogP contribution in [-0.4, -0.2) is 36.9 Å². The Labute approximate surface area is 123 Å². The summed E-state index contributed by atoms with van der Waals surface area (Å²) in [6.07, 6.45) is 2.98. The Morgan fingerprint density at radius 3 is 2.80 bits per heavy atom. The quantitative estimate of drug-likeness (QED) is 0.905. The molecule has 1 atom stereocenters. The number of carboxylic acids is 1. The number of aryl methyl sites for hydroxylation is 1. The Morgan fingerprint density at radius 1 is 1.55 bits per heavy atom. The van der Waals surface area contributed by atoms with Gasteiger partial charge in [-0.05, 0) is 31.7 Å². The molecular formula is C13H19NO4S2. The molecule has 0 saturated carbocycles. The van der Waals surface area contributed by atoms with E-state index in [0.717, 1.165) is 30.6 Å². The minimum atomic E-state index is -3.55. The summed E-state index contributed by atoms with van der Waals surface area (Å²) in [6.45, 7) is 4.83. The van der Waals surface area contributed by atoms with Crippen LogP contribution < -0.4 is 0 Å². The molecule has 1 saturated heterocycles. The van der Waals surface area contributed by atoms with Crippen molar-refractivity contribution >= 4 is 27.3 Å². The van der Waals surface area contributed by atoms with Crippen molar-refractivity contribution in [2.75, 3.05) is 13.1 Å². The fraction of sp³-hybridized carbons (Fsp3) is 0.615. The van der Waals surface area contributed by atoms with E-state index in [1.165, 1.54) is 10.4 Å². The average molecular weight is 317 g/mol. The highest BCUT2D eigenvalue weighted by Crippen LogP contribution is 2.32. The number of sulfonamides is 1. The normalized spacial score (nSPS) is 20.4. The van der Waals surface area contributed by atoms with Crippen molar-refractivity contribution in [1.82, 2.24) is 4.31 Å². The Balaban J connectivity index is 2.25. The fourth-order valence-electron chi connectivity index (χ4n) is 2.63. The standard InChI is InChI=1S/C13H19NO4S2/c1-3-4-10-5-6-14(8-10)20(17,18)12-7-11(13(15)16)19-9(12)2/h7,10H,3-6,8H2,1-2H3,(H,15,16). The zero-order valence-electron chi connectivity index (χ0n) is 11.6. The van der Waals surface area contributed by atoms with Gasteiger partial charge in [-0.3, -0.25) is 0 Å². The summed E-state index contributed by atoms with van der Waals surface area (Å²) in [4.78, 5) is 11.7. The van der Waals surface area contributed by atoms with Gasteiger partial charge in [-0.15, -0.1) is 11.3 Å². The van der Waals surface area contributed by atoms with Crippen molar-refractivity contribution in [1.29, 1.82) is 0 Å². The number of rotatable bonds is 5. The minimum Gasteiger partial charge on any atom is -0.477 e. The van der Waals surface area contributed by atoms with E-state index >= 15 is 0 Å². The molecule has 1 aromatic heterocycles. The van der Waals surface area contributed by atoms with Crippen LogP contribution in [0.3, 0.4) is 0 Å². The zero-order valence-corrected chi connectivity index (χ0v) is 13.3. The van der Waals surface area contributed by atoms with Crippen LogP contribution in [0.2, 0.25) is 0 Å². The molecule has 0 aromatic carbocycles. The van der Waals surface area contributed by atoms with Crippen LogP contribution in [0.25, 0.3) is 0 Å². The summed E-state index contributed by atoms with van der Waals surface area (Å²) >= 11 is 1.01. The highest BCUT2D eigenvalue weighted by atomic mass is 32.2. The second-order valence-electron chi connectivity index (χ2n) is 5.14. The highest BCUT2D eigenvalue weighted by Gasteiger charge is 2.34. The summed E-state index contributed by atoms with van der Waals surface area (Å²) in [5.41, 5.74) is 0. The second kappa shape index (κ2) is 5.83. The molecule has 20 heavy (non-hydrogen) atoms. The van der Waals surface area contributed by atoms with Crippen LogP contribution in [0, 0.1) is 12.8 Å². The van der Waals surface area contributed by atoms with Gasteiger partial charge in [-0.2, -0.15) is 4.31 Å². The lowest BCUT2D eigenvalue weighted by molar-refractivity contribution is 0.0702. The first-order chi connectivity index (χ1) is 9.36. The van der Waals surface area contributed by atoms with Crippen LogP contribution in [0.1, 0.15) is 40.7 Å². The predicted molar refractivity (Wildman–Crippen MR) is 77.8 cm³/mol. The van der Waals surface area contributed by atoms with E-state index in [9.17, 15) is 13.2 Å². The third-order valence-corrected chi connectivity index (χ3v) is 6.81. The average Bonchev–Trinajstić information content (AvgIpc) is 2.96. The highest BCUT2D eigenvalue weighted by molar-refractivity contribution is 7.89. The van der Waals surface area contributed by atoms with Gasteiger partial charge in [0.05, 0.1) is 4.90 Å². The van der Waals surface area contributed by atoms with Crippen LogP contribution in [0.4, 0.5) is 0 Å². The summed E-state index contributed by atoms with van der Waals surface area (Å²) in [5.74, 6) is -0.655. The van der Waals surface area contributed by atoms with Gasteiger partial charge in [0.2, 0.25) is 10.0 Å². The third-order valence-electron chi connectivity index (χ3n) is 3.65. The van der Waals surface area contributed by atoms with Crippen molar-refractivity contribution in [2.24, 2.45) is 5.92 Å². The summed E-state index contributed by atoms with van der Waals surface area (Å²) in [5, 5.41) is 8.97. The number of hydrogen-bond acceptors (Lipinski definition) is 4. The van der Waals surface area contributed by atoms with Gasteiger partial charge < -0.3 is 5.11 Å². The molecular weight excluding hydrogens is 298 g/mol. The van der Waals surface area contributed by atoms with Crippen molar-refractivity contribution < 1.29 is 18.3 Å². The molecule has 112 valence electrons. The summed E-state index contributed by atoms with van der Waals surface area (Å²) < 4.78 is 26.7. The molecule has 0 aliphatic carbocycles. The van der Waals surface area contributed by atoms with E-state index in [-0.39, 0.29) is 9.77 Å². The number of nitrogens with zero attached hydrogens (tertiary/aromatic N) is 1. The van der Waals surface area contributed by atoms with Crippen LogP contribution in [0.15, 0.2) is 11.0 Å². The Morgan fingerprint density at radius 2 is 2.25 bits per heavy atom. The zero-order chi connectivity index (χ0) is 14.9. The topological polar surface area (TPSA) is 74.7 Å². The number of thiophene rings is 1. The molecule has 1 aromatic rings. The fourth-order valence-corrected chi connectivity index (χ4v) is 5.56. The van der Waals surface area contributed by atoms with Crippen molar-refractivity contribution in [3.8, 4) is 0 Å². The number of carbonyl (C=O) groups is 1. The minimum absolute atomic E-state index is 0.0744. The van der Waals surface area contributed by atoms with Gasteiger partial charge >= 0.3 is 5.97 Å². The van der Waals surface area contributed by atoms with Crippen LogP contribution >= 0.6 is 11.3 Å². The maximum atomic E-state index is 12.6. The first kappa shape index (κ1) is 15.5. The molecule has 0 radical (unpaired) electrons. The van der Waals surface area contributed by atoms with Gasteiger partial charge in [-0.1, -0.05) is 13.3 Å². The van der Waals surface area contributed by atoms with Gasteiger partial charge in [0.1, 0.15) is 4.88 Å². The SMILES string of the molecule is CCCC1CCN(S(=O)(=O)c2cc(C(=O)O)sc2C)C1. The number of aromatic carboxylic acids is 1. The van der Waals surface area contributed by atoms with E-state index in [1.807, 2.05) is 0 Å². The lowest BCUT2D eigenvalue weighted by atomic mass is 10.0. The molecule has 1 N–H and O–H groups in total. The van der Waals surface area contributed by atoms with Crippen LogP contribution in [0.5, 0.6) is 0 Å². The van der Waals surface area contributed by atoms with E-state index in [4.69, 9.17) is 5.11 Å². The largest absolute Gasteiger partial charge is 0.477 e. The third kappa shape index (κ3) is 2.89. The maximum Gasteiger partial charge on any atom is 0.345 e. The van der Waals surface area contributed by atoms with Gasteiger partial charge in [-0.25, -0.2) is 13.2 Å². The Bertz CT molecular complexity index is 606. The molecule has 5 nitrogen and oxygen atoms in total. The van der Waals surface area contributed by atoms with Gasteiger partial charge in [0.25, 0.3) is 0 Å². The number of hydrogen-bond donors (Lipinski definition) is 1.